The minimum atomic E-state index is -0.259. The van der Waals surface area contributed by atoms with E-state index in [1.807, 2.05) is 0 Å². The molecular weight excluding hydrogens is 298 g/mol. The second kappa shape index (κ2) is 5.59. The molecule has 0 atom stereocenters. The molecule has 0 aliphatic carbocycles. The van der Waals surface area contributed by atoms with Gasteiger partial charge in [0.25, 0.3) is 5.91 Å². The zero-order chi connectivity index (χ0) is 13.0. The van der Waals surface area contributed by atoms with Gasteiger partial charge in [-0.25, -0.2) is 9.97 Å². The molecule has 2 rings (SSSR count). The van der Waals surface area contributed by atoms with Gasteiger partial charge in [-0.2, -0.15) is 0 Å². The van der Waals surface area contributed by atoms with Gasteiger partial charge in [-0.1, -0.05) is 6.07 Å². The van der Waals surface area contributed by atoms with Crippen LogP contribution in [0.2, 0.25) is 0 Å². The fourth-order valence-corrected chi connectivity index (χ4v) is 1.53. The highest BCUT2D eigenvalue weighted by molar-refractivity contribution is 9.10. The van der Waals surface area contributed by atoms with Gasteiger partial charge in [-0.3, -0.25) is 4.79 Å². The molecule has 0 bridgehead atoms. The predicted molar refractivity (Wildman–Crippen MR) is 70.7 cm³/mol. The van der Waals surface area contributed by atoms with E-state index in [-0.39, 0.29) is 5.91 Å². The molecule has 0 aliphatic rings. The van der Waals surface area contributed by atoms with Crippen molar-refractivity contribution < 1.29 is 9.53 Å². The monoisotopic (exact) mass is 307 g/mol. The quantitative estimate of drug-likeness (QED) is 0.946. The number of methoxy groups -OCH3 is 1. The zero-order valence-electron chi connectivity index (χ0n) is 9.55. The van der Waals surface area contributed by atoms with Crippen LogP contribution in [-0.4, -0.2) is 23.0 Å². The number of aromatic nitrogens is 2. The summed E-state index contributed by atoms with van der Waals surface area (Å²) < 4.78 is 5.67. The van der Waals surface area contributed by atoms with E-state index in [4.69, 9.17) is 4.74 Å². The molecule has 1 heterocycles. The van der Waals surface area contributed by atoms with Gasteiger partial charge in [0, 0.05) is 5.56 Å². The van der Waals surface area contributed by atoms with E-state index in [9.17, 15) is 4.79 Å². The predicted octanol–water partition coefficient (Wildman–Crippen LogP) is 2.50. The average Bonchev–Trinajstić information content (AvgIpc) is 2.41. The van der Waals surface area contributed by atoms with E-state index in [0.717, 1.165) is 0 Å². The SMILES string of the molecule is COc1cccc(C(=O)Nc2cnc(Br)cn2)c1. The van der Waals surface area contributed by atoms with Gasteiger partial charge in [0.2, 0.25) is 0 Å². The minimum Gasteiger partial charge on any atom is -0.497 e. The van der Waals surface area contributed by atoms with Crippen molar-refractivity contribution in [2.24, 2.45) is 0 Å². The topological polar surface area (TPSA) is 64.1 Å². The first-order chi connectivity index (χ1) is 8.69. The van der Waals surface area contributed by atoms with E-state index >= 15 is 0 Å². The number of halogens is 1. The van der Waals surface area contributed by atoms with Crippen LogP contribution < -0.4 is 10.1 Å². The number of hydrogen-bond donors (Lipinski definition) is 1. The zero-order valence-corrected chi connectivity index (χ0v) is 11.1. The van der Waals surface area contributed by atoms with Gasteiger partial charge in [0.1, 0.15) is 10.4 Å². The molecule has 0 saturated carbocycles. The average molecular weight is 308 g/mol. The summed E-state index contributed by atoms with van der Waals surface area (Å²) in [5, 5.41) is 2.65. The Labute approximate surface area is 112 Å². The highest BCUT2D eigenvalue weighted by Gasteiger charge is 2.07. The maximum absolute atomic E-state index is 11.9. The van der Waals surface area contributed by atoms with Gasteiger partial charge in [0.15, 0.2) is 5.82 Å². The number of anilines is 1. The van der Waals surface area contributed by atoms with Crippen LogP contribution in [-0.2, 0) is 0 Å². The lowest BCUT2D eigenvalue weighted by atomic mass is 10.2. The van der Waals surface area contributed by atoms with Crippen LogP contribution in [0, 0.1) is 0 Å². The second-order valence-electron chi connectivity index (χ2n) is 3.41. The summed E-state index contributed by atoms with van der Waals surface area (Å²) in [7, 11) is 1.55. The Bertz CT molecular complexity index is 558. The summed E-state index contributed by atoms with van der Waals surface area (Å²) in [5.74, 6) is 0.765. The number of benzene rings is 1. The van der Waals surface area contributed by atoms with E-state index in [1.54, 1.807) is 31.4 Å². The highest BCUT2D eigenvalue weighted by atomic mass is 79.9. The first-order valence-corrected chi connectivity index (χ1v) is 5.91. The molecule has 0 aliphatic heterocycles. The molecule has 0 radical (unpaired) electrons. The number of ether oxygens (including phenoxy) is 1. The number of hydrogen-bond acceptors (Lipinski definition) is 4. The van der Waals surface area contributed by atoms with Crippen LogP contribution in [0.5, 0.6) is 5.75 Å². The molecule has 5 nitrogen and oxygen atoms in total. The van der Waals surface area contributed by atoms with E-state index in [0.29, 0.717) is 21.7 Å². The molecule has 92 valence electrons. The maximum Gasteiger partial charge on any atom is 0.256 e. The molecule has 0 saturated heterocycles. The summed E-state index contributed by atoms with van der Waals surface area (Å²) in [6, 6.07) is 6.88. The molecule has 1 amide bonds. The van der Waals surface area contributed by atoms with Gasteiger partial charge < -0.3 is 10.1 Å². The second-order valence-corrected chi connectivity index (χ2v) is 4.22. The summed E-state index contributed by atoms with van der Waals surface area (Å²) in [5.41, 5.74) is 0.499. The molecule has 2 aromatic rings. The van der Waals surface area contributed by atoms with Crippen LogP contribution in [0.1, 0.15) is 10.4 Å². The Balaban J connectivity index is 2.14. The molecular formula is C12H10BrN3O2. The minimum absolute atomic E-state index is 0.259. The third-order valence-electron chi connectivity index (χ3n) is 2.19. The molecule has 1 aromatic heterocycles. The van der Waals surface area contributed by atoms with E-state index in [1.165, 1.54) is 12.4 Å². The number of carbonyl (C=O) groups is 1. The van der Waals surface area contributed by atoms with Crippen molar-refractivity contribution in [1.82, 2.24) is 9.97 Å². The molecule has 0 spiro atoms. The number of amides is 1. The van der Waals surface area contributed by atoms with Crippen LogP contribution >= 0.6 is 15.9 Å². The van der Waals surface area contributed by atoms with E-state index in [2.05, 4.69) is 31.2 Å². The lowest BCUT2D eigenvalue weighted by molar-refractivity contribution is 0.102. The Kier molecular flexibility index (Phi) is 3.88. The fourth-order valence-electron chi connectivity index (χ4n) is 1.33. The van der Waals surface area contributed by atoms with Crippen molar-refractivity contribution in [2.45, 2.75) is 0 Å². The normalized spacial score (nSPS) is 9.89. The smallest absolute Gasteiger partial charge is 0.256 e. The van der Waals surface area contributed by atoms with E-state index < -0.39 is 0 Å². The van der Waals surface area contributed by atoms with Gasteiger partial charge >= 0.3 is 0 Å². The summed E-state index contributed by atoms with van der Waals surface area (Å²) in [6.07, 6.45) is 2.99. The summed E-state index contributed by atoms with van der Waals surface area (Å²) >= 11 is 3.17. The van der Waals surface area contributed by atoms with Crippen LogP contribution in [0.4, 0.5) is 5.82 Å². The molecule has 1 aromatic carbocycles. The number of carbonyl (C=O) groups excluding carboxylic acids is 1. The molecule has 0 fully saturated rings. The molecule has 1 N–H and O–H groups in total. The highest BCUT2D eigenvalue weighted by Crippen LogP contribution is 2.14. The first-order valence-electron chi connectivity index (χ1n) is 5.12. The van der Waals surface area contributed by atoms with Gasteiger partial charge in [-0.05, 0) is 34.1 Å². The number of nitrogens with one attached hydrogen (secondary N) is 1. The lowest BCUT2D eigenvalue weighted by Gasteiger charge is -2.05. The standard InChI is InChI=1S/C12H10BrN3O2/c1-18-9-4-2-3-8(5-9)12(17)16-11-7-14-10(13)6-15-11/h2-7H,1H3,(H,15,16,17). The third-order valence-corrected chi connectivity index (χ3v) is 2.60. The fraction of sp³-hybridized carbons (Fsp3) is 0.0833. The summed E-state index contributed by atoms with van der Waals surface area (Å²) in [6.45, 7) is 0. The largest absolute Gasteiger partial charge is 0.497 e. The Morgan fingerprint density at radius 3 is 2.83 bits per heavy atom. The Morgan fingerprint density at radius 1 is 1.33 bits per heavy atom. The van der Waals surface area contributed by atoms with Crippen molar-refractivity contribution >= 4 is 27.7 Å². The van der Waals surface area contributed by atoms with Crippen molar-refractivity contribution in [2.75, 3.05) is 12.4 Å². The van der Waals surface area contributed by atoms with Crippen molar-refractivity contribution in [3.63, 3.8) is 0 Å². The third kappa shape index (κ3) is 3.04. The number of nitrogens with zero attached hydrogens (tertiary/aromatic N) is 2. The van der Waals surface area contributed by atoms with Crippen molar-refractivity contribution in [1.29, 1.82) is 0 Å². The maximum atomic E-state index is 11.9. The lowest BCUT2D eigenvalue weighted by Crippen LogP contribution is -2.13. The van der Waals surface area contributed by atoms with Gasteiger partial charge in [0.05, 0.1) is 19.5 Å². The van der Waals surface area contributed by atoms with Crippen molar-refractivity contribution in [3.05, 3.63) is 46.8 Å². The molecule has 18 heavy (non-hydrogen) atoms. The van der Waals surface area contributed by atoms with Crippen LogP contribution in [0.3, 0.4) is 0 Å². The first kappa shape index (κ1) is 12.5. The summed E-state index contributed by atoms with van der Waals surface area (Å²) in [4.78, 5) is 19.9. The van der Waals surface area contributed by atoms with Crippen LogP contribution in [0.25, 0.3) is 0 Å². The molecule has 6 heteroatoms. The Hall–Kier alpha value is -1.95. The Morgan fingerprint density at radius 2 is 2.17 bits per heavy atom. The number of rotatable bonds is 3. The van der Waals surface area contributed by atoms with Crippen molar-refractivity contribution in [3.8, 4) is 5.75 Å². The van der Waals surface area contributed by atoms with Gasteiger partial charge in [-0.15, -0.1) is 0 Å². The van der Waals surface area contributed by atoms with Crippen LogP contribution in [0.15, 0.2) is 41.3 Å². The molecule has 0 unspecified atom stereocenters.